The summed E-state index contributed by atoms with van der Waals surface area (Å²) in [7, 11) is 0. The summed E-state index contributed by atoms with van der Waals surface area (Å²) in [4.78, 5) is 2.74. The summed E-state index contributed by atoms with van der Waals surface area (Å²) in [5, 5.41) is 1.15. The van der Waals surface area contributed by atoms with E-state index in [0.717, 1.165) is 11.2 Å². The molecule has 0 spiro atoms. The molecule has 0 aliphatic carbocycles. The molecule has 0 radical (unpaired) electrons. The molecule has 0 aromatic carbocycles. The van der Waals surface area contributed by atoms with E-state index in [-0.39, 0.29) is 0 Å². The van der Waals surface area contributed by atoms with E-state index in [1.807, 2.05) is 0 Å². The first kappa shape index (κ1) is 17.5. The number of nitrogens with zero attached hydrogens (tertiary/aromatic N) is 1. The fourth-order valence-corrected chi connectivity index (χ4v) is 4.33. The lowest BCUT2D eigenvalue weighted by Crippen LogP contribution is -2.39. The van der Waals surface area contributed by atoms with Crippen LogP contribution in [-0.4, -0.2) is 29.9 Å². The van der Waals surface area contributed by atoms with Gasteiger partial charge in [-0.05, 0) is 61.9 Å². The van der Waals surface area contributed by atoms with Crippen molar-refractivity contribution in [2.75, 3.05) is 25.0 Å². The van der Waals surface area contributed by atoms with Gasteiger partial charge in [0.05, 0.1) is 0 Å². The summed E-state index contributed by atoms with van der Waals surface area (Å²) >= 11 is 3.76. The van der Waals surface area contributed by atoms with Crippen LogP contribution in [0.2, 0.25) is 0 Å². The topological polar surface area (TPSA) is 3.24 Å². The number of likely N-dealkylation sites (tertiary alicyclic amines) is 1. The minimum atomic E-state index is 0.484. The second kappa shape index (κ2) is 7.45. The highest BCUT2D eigenvalue weighted by atomic mass is 79.9. The van der Waals surface area contributed by atoms with Crippen LogP contribution in [0.1, 0.15) is 66.7 Å². The van der Waals surface area contributed by atoms with Gasteiger partial charge in [-0.25, -0.2) is 0 Å². The molecule has 1 heterocycles. The number of hydrogen-bond acceptors (Lipinski definition) is 1. The lowest BCUT2D eigenvalue weighted by Gasteiger charge is -2.36. The Balaban J connectivity index is 2.58. The van der Waals surface area contributed by atoms with Gasteiger partial charge >= 0.3 is 0 Å². The molecule has 1 unspecified atom stereocenters. The molecule has 1 rings (SSSR count). The highest BCUT2D eigenvalue weighted by Crippen LogP contribution is 2.36. The van der Waals surface area contributed by atoms with Crippen LogP contribution in [0.15, 0.2) is 0 Å². The van der Waals surface area contributed by atoms with Gasteiger partial charge in [0.25, 0.3) is 0 Å². The molecule has 1 atom stereocenters. The van der Waals surface area contributed by atoms with Crippen molar-refractivity contribution in [1.29, 1.82) is 0 Å². The Bertz CT molecular complexity index is 244. The Morgan fingerprint density at radius 2 is 1.68 bits per heavy atom. The number of alkyl halides is 1. The summed E-state index contributed by atoms with van der Waals surface area (Å²) in [6.07, 6.45) is 6.75. The first-order valence-corrected chi connectivity index (χ1v) is 9.27. The van der Waals surface area contributed by atoms with E-state index in [1.54, 1.807) is 0 Å². The Labute approximate surface area is 129 Å². The molecule has 2 heteroatoms. The van der Waals surface area contributed by atoms with Gasteiger partial charge in [-0.2, -0.15) is 0 Å². The van der Waals surface area contributed by atoms with E-state index >= 15 is 0 Å². The summed E-state index contributed by atoms with van der Waals surface area (Å²) in [5.41, 5.74) is 0.972. The summed E-state index contributed by atoms with van der Waals surface area (Å²) < 4.78 is 0. The molecule has 19 heavy (non-hydrogen) atoms. The summed E-state index contributed by atoms with van der Waals surface area (Å²) in [5.74, 6) is 0.902. The highest BCUT2D eigenvalue weighted by Gasteiger charge is 2.31. The molecule has 0 aromatic heterocycles. The van der Waals surface area contributed by atoms with Crippen LogP contribution < -0.4 is 0 Å². The van der Waals surface area contributed by atoms with Crippen LogP contribution in [-0.2, 0) is 0 Å². The zero-order chi connectivity index (χ0) is 14.5. The van der Waals surface area contributed by atoms with Crippen LogP contribution in [0.25, 0.3) is 0 Å². The Hall–Kier alpha value is 0.440. The van der Waals surface area contributed by atoms with Gasteiger partial charge in [-0.3, -0.25) is 0 Å². The molecule has 0 amide bonds. The zero-order valence-corrected chi connectivity index (χ0v) is 15.4. The van der Waals surface area contributed by atoms with Crippen molar-refractivity contribution in [3.8, 4) is 0 Å². The molecule has 114 valence electrons. The molecule has 1 aliphatic heterocycles. The number of halogens is 1. The molecule has 0 saturated carbocycles. The third-order valence-corrected chi connectivity index (χ3v) is 6.58. The first-order valence-electron chi connectivity index (χ1n) is 8.15. The highest BCUT2D eigenvalue weighted by molar-refractivity contribution is 9.09. The average Bonchev–Trinajstić information content (AvgIpc) is 2.61. The largest absolute Gasteiger partial charge is 0.303 e. The molecule has 1 saturated heterocycles. The van der Waals surface area contributed by atoms with Gasteiger partial charge in [0.15, 0.2) is 0 Å². The predicted molar refractivity (Wildman–Crippen MR) is 90.0 cm³/mol. The molecule has 0 aromatic rings. The van der Waals surface area contributed by atoms with Crippen LogP contribution >= 0.6 is 15.9 Å². The Morgan fingerprint density at radius 3 is 2.16 bits per heavy atom. The van der Waals surface area contributed by atoms with Crippen molar-refractivity contribution >= 4 is 15.9 Å². The first-order chi connectivity index (χ1) is 8.87. The fraction of sp³-hybridized carbons (Fsp3) is 1.00. The van der Waals surface area contributed by atoms with Crippen molar-refractivity contribution in [1.82, 2.24) is 4.90 Å². The molecule has 0 bridgehead atoms. The maximum Gasteiger partial charge on any atom is 0.01000 e. The van der Waals surface area contributed by atoms with Crippen LogP contribution in [0, 0.1) is 16.7 Å². The SMILES string of the molecule is CCC(CC)(CBr)CN1CCCC(C(C)(C)C)CC1. The molecule has 1 nitrogen and oxygen atoms in total. The minimum Gasteiger partial charge on any atom is -0.303 e. The number of hydrogen-bond donors (Lipinski definition) is 0. The van der Waals surface area contributed by atoms with E-state index in [0.29, 0.717) is 10.8 Å². The van der Waals surface area contributed by atoms with E-state index in [1.165, 1.54) is 51.7 Å². The van der Waals surface area contributed by atoms with E-state index < -0.39 is 0 Å². The summed E-state index contributed by atoms with van der Waals surface area (Å²) in [6.45, 7) is 15.8. The third kappa shape index (κ3) is 5.04. The van der Waals surface area contributed by atoms with E-state index in [9.17, 15) is 0 Å². The lowest BCUT2D eigenvalue weighted by molar-refractivity contribution is 0.154. The van der Waals surface area contributed by atoms with E-state index in [2.05, 4.69) is 55.4 Å². The van der Waals surface area contributed by atoms with Gasteiger partial charge < -0.3 is 4.90 Å². The molecular formula is C17H34BrN. The summed E-state index contributed by atoms with van der Waals surface area (Å²) in [6, 6.07) is 0. The quantitative estimate of drug-likeness (QED) is 0.615. The molecular weight excluding hydrogens is 298 g/mol. The van der Waals surface area contributed by atoms with Crippen molar-refractivity contribution in [3.05, 3.63) is 0 Å². The monoisotopic (exact) mass is 331 g/mol. The van der Waals surface area contributed by atoms with Crippen LogP contribution in [0.3, 0.4) is 0 Å². The van der Waals surface area contributed by atoms with Crippen molar-refractivity contribution < 1.29 is 0 Å². The Kier molecular flexibility index (Phi) is 6.86. The van der Waals surface area contributed by atoms with Crippen LogP contribution in [0.5, 0.6) is 0 Å². The average molecular weight is 332 g/mol. The normalized spacial score (nSPS) is 23.4. The smallest absolute Gasteiger partial charge is 0.01000 e. The van der Waals surface area contributed by atoms with Gasteiger partial charge in [0.2, 0.25) is 0 Å². The second-order valence-electron chi connectivity index (χ2n) is 7.61. The van der Waals surface area contributed by atoms with E-state index in [4.69, 9.17) is 0 Å². The number of rotatable bonds is 5. The van der Waals surface area contributed by atoms with Crippen molar-refractivity contribution in [3.63, 3.8) is 0 Å². The van der Waals surface area contributed by atoms with Gasteiger partial charge in [-0.1, -0.05) is 50.5 Å². The molecule has 1 fully saturated rings. The zero-order valence-electron chi connectivity index (χ0n) is 13.8. The minimum absolute atomic E-state index is 0.484. The lowest BCUT2D eigenvalue weighted by atomic mass is 9.77. The van der Waals surface area contributed by atoms with Gasteiger partial charge in [0.1, 0.15) is 0 Å². The predicted octanol–water partition coefficient (Wildman–Crippen LogP) is 5.34. The maximum atomic E-state index is 3.76. The standard InChI is InChI=1S/C17H34BrN/c1-6-17(7-2,13-18)14-19-11-8-9-15(10-12-19)16(3,4)5/h15H,6-14H2,1-5H3. The third-order valence-electron chi connectivity index (χ3n) is 5.39. The van der Waals surface area contributed by atoms with Crippen molar-refractivity contribution in [2.24, 2.45) is 16.7 Å². The van der Waals surface area contributed by atoms with Gasteiger partial charge in [0, 0.05) is 11.9 Å². The fourth-order valence-electron chi connectivity index (χ4n) is 3.36. The Morgan fingerprint density at radius 1 is 1.05 bits per heavy atom. The van der Waals surface area contributed by atoms with Crippen LogP contribution in [0.4, 0.5) is 0 Å². The van der Waals surface area contributed by atoms with Crippen molar-refractivity contribution in [2.45, 2.75) is 66.7 Å². The molecule has 1 aliphatic rings. The van der Waals surface area contributed by atoms with Gasteiger partial charge in [-0.15, -0.1) is 0 Å². The maximum absolute atomic E-state index is 3.76. The molecule has 0 N–H and O–H groups in total. The second-order valence-corrected chi connectivity index (χ2v) is 8.17.